The molecule has 26 heavy (non-hydrogen) atoms. The lowest BCUT2D eigenvalue weighted by Crippen LogP contribution is -2.55. The number of benzene rings is 1. The number of ether oxygens (including phenoxy) is 2. The van der Waals surface area contributed by atoms with Crippen molar-refractivity contribution in [3.8, 4) is 11.5 Å². The van der Waals surface area contributed by atoms with Crippen LogP contribution in [0.5, 0.6) is 11.5 Å². The van der Waals surface area contributed by atoms with Gasteiger partial charge in [-0.1, -0.05) is 20.3 Å². The van der Waals surface area contributed by atoms with Crippen LogP contribution in [0.3, 0.4) is 0 Å². The van der Waals surface area contributed by atoms with Gasteiger partial charge in [0.05, 0.1) is 0 Å². The van der Waals surface area contributed by atoms with Gasteiger partial charge in [-0.3, -0.25) is 9.59 Å². The van der Waals surface area contributed by atoms with E-state index in [4.69, 9.17) is 9.47 Å². The van der Waals surface area contributed by atoms with Crippen molar-refractivity contribution in [2.24, 2.45) is 11.3 Å². The molecule has 0 N–H and O–H groups in total. The van der Waals surface area contributed by atoms with Crippen molar-refractivity contribution in [3.63, 3.8) is 0 Å². The molecule has 2 heterocycles. The zero-order valence-corrected chi connectivity index (χ0v) is 15.5. The van der Waals surface area contributed by atoms with Crippen molar-refractivity contribution in [1.29, 1.82) is 0 Å². The van der Waals surface area contributed by atoms with Crippen molar-refractivity contribution >= 4 is 11.8 Å². The highest BCUT2D eigenvalue weighted by molar-refractivity contribution is 5.95. The summed E-state index contributed by atoms with van der Waals surface area (Å²) in [6.45, 7) is 6.69. The lowest BCUT2D eigenvalue weighted by atomic mass is 9.66. The van der Waals surface area contributed by atoms with Gasteiger partial charge in [0.15, 0.2) is 11.5 Å². The van der Waals surface area contributed by atoms with Gasteiger partial charge in [-0.2, -0.15) is 0 Å². The van der Waals surface area contributed by atoms with Crippen molar-refractivity contribution in [2.45, 2.75) is 33.1 Å². The van der Waals surface area contributed by atoms with Gasteiger partial charge in [-0.25, -0.2) is 0 Å². The Hall–Kier alpha value is -2.24. The minimum atomic E-state index is -0.290. The quantitative estimate of drug-likeness (QED) is 0.833. The number of carbonyl (C=O) groups excluding carboxylic acids is 2. The number of amides is 2. The van der Waals surface area contributed by atoms with Crippen LogP contribution in [-0.4, -0.2) is 54.6 Å². The molecule has 1 aromatic carbocycles. The van der Waals surface area contributed by atoms with E-state index in [0.29, 0.717) is 49.2 Å². The fraction of sp³-hybridized carbons (Fsp3) is 0.600. The molecule has 1 aromatic rings. The first-order chi connectivity index (χ1) is 12.5. The number of carbonyl (C=O) groups is 2. The molecule has 0 aromatic heterocycles. The summed E-state index contributed by atoms with van der Waals surface area (Å²) in [6, 6.07) is 5.28. The van der Waals surface area contributed by atoms with E-state index >= 15 is 0 Å². The van der Waals surface area contributed by atoms with Crippen LogP contribution in [0.1, 0.15) is 43.5 Å². The largest absolute Gasteiger partial charge is 0.454 e. The number of piperazine rings is 1. The number of rotatable bonds is 3. The van der Waals surface area contributed by atoms with Crippen LogP contribution in [0.15, 0.2) is 18.2 Å². The highest BCUT2D eigenvalue weighted by atomic mass is 16.7. The molecule has 0 unspecified atom stereocenters. The van der Waals surface area contributed by atoms with Gasteiger partial charge in [0.1, 0.15) is 0 Å². The first-order valence-electron chi connectivity index (χ1n) is 9.45. The average molecular weight is 358 g/mol. The smallest absolute Gasteiger partial charge is 0.254 e. The number of hydrogen-bond donors (Lipinski definition) is 0. The van der Waals surface area contributed by atoms with Gasteiger partial charge in [-0.15, -0.1) is 0 Å². The van der Waals surface area contributed by atoms with E-state index in [9.17, 15) is 9.59 Å². The maximum Gasteiger partial charge on any atom is 0.254 e. The molecule has 140 valence electrons. The molecule has 1 aliphatic carbocycles. The molecule has 0 atom stereocenters. The second kappa shape index (κ2) is 6.49. The van der Waals surface area contributed by atoms with Gasteiger partial charge < -0.3 is 19.3 Å². The fourth-order valence-electron chi connectivity index (χ4n) is 4.04. The molecule has 0 spiro atoms. The summed E-state index contributed by atoms with van der Waals surface area (Å²) in [5.41, 5.74) is 0.311. The van der Waals surface area contributed by atoms with E-state index < -0.39 is 0 Å². The Morgan fingerprint density at radius 1 is 1.00 bits per heavy atom. The van der Waals surface area contributed by atoms with Crippen molar-refractivity contribution in [1.82, 2.24) is 9.80 Å². The fourth-order valence-corrected chi connectivity index (χ4v) is 4.04. The van der Waals surface area contributed by atoms with Crippen LogP contribution in [0, 0.1) is 11.3 Å². The maximum atomic E-state index is 12.9. The van der Waals surface area contributed by atoms with Crippen molar-refractivity contribution in [2.75, 3.05) is 33.0 Å². The van der Waals surface area contributed by atoms with E-state index in [1.165, 1.54) is 6.42 Å². The van der Waals surface area contributed by atoms with Gasteiger partial charge >= 0.3 is 0 Å². The van der Waals surface area contributed by atoms with Crippen LogP contribution in [0.25, 0.3) is 0 Å². The molecule has 1 saturated heterocycles. The lowest BCUT2D eigenvalue weighted by Gasteiger charge is -2.44. The van der Waals surface area contributed by atoms with E-state index in [0.717, 1.165) is 12.8 Å². The summed E-state index contributed by atoms with van der Waals surface area (Å²) in [7, 11) is 0. The lowest BCUT2D eigenvalue weighted by molar-refractivity contribution is -0.146. The number of hydrogen-bond acceptors (Lipinski definition) is 4. The highest BCUT2D eigenvalue weighted by Crippen LogP contribution is 2.43. The predicted octanol–water partition coefficient (Wildman–Crippen LogP) is 2.53. The van der Waals surface area contributed by atoms with E-state index in [1.807, 2.05) is 9.80 Å². The standard InChI is InChI=1S/C20H26N2O4/c1-20(2,15-4-3-5-15)19(24)22-10-8-21(9-11-22)18(23)14-6-7-16-17(12-14)26-13-25-16/h6-7,12,15H,3-5,8-11,13H2,1-2H3. The van der Waals surface area contributed by atoms with Crippen LogP contribution < -0.4 is 9.47 Å². The summed E-state index contributed by atoms with van der Waals surface area (Å²) in [6.07, 6.45) is 3.54. The van der Waals surface area contributed by atoms with Crippen LogP contribution in [0.4, 0.5) is 0 Å². The normalized spacial score (nSPS) is 20.1. The Morgan fingerprint density at radius 2 is 1.65 bits per heavy atom. The molecule has 0 radical (unpaired) electrons. The van der Waals surface area contributed by atoms with E-state index in [1.54, 1.807) is 18.2 Å². The zero-order valence-electron chi connectivity index (χ0n) is 15.5. The maximum absolute atomic E-state index is 12.9. The molecule has 2 fully saturated rings. The first kappa shape index (κ1) is 17.2. The molecular weight excluding hydrogens is 332 g/mol. The van der Waals surface area contributed by atoms with E-state index in [-0.39, 0.29) is 24.0 Å². The second-order valence-corrected chi connectivity index (χ2v) is 8.00. The summed E-state index contributed by atoms with van der Waals surface area (Å²) < 4.78 is 10.6. The zero-order chi connectivity index (χ0) is 18.3. The molecule has 0 bridgehead atoms. The predicted molar refractivity (Wildman–Crippen MR) is 96.2 cm³/mol. The third-order valence-electron chi connectivity index (χ3n) is 6.15. The Morgan fingerprint density at radius 3 is 2.31 bits per heavy atom. The molecule has 4 rings (SSSR count). The average Bonchev–Trinajstić information content (AvgIpc) is 3.06. The molecule has 1 saturated carbocycles. The molecule has 3 aliphatic rings. The van der Waals surface area contributed by atoms with Crippen LogP contribution in [-0.2, 0) is 4.79 Å². The third kappa shape index (κ3) is 2.91. The summed E-state index contributed by atoms with van der Waals surface area (Å²) in [4.78, 5) is 29.4. The van der Waals surface area contributed by atoms with Crippen LogP contribution in [0.2, 0.25) is 0 Å². The molecule has 6 nitrogen and oxygen atoms in total. The minimum absolute atomic E-state index is 0.0198. The Labute approximate surface area is 154 Å². The third-order valence-corrected chi connectivity index (χ3v) is 6.15. The molecule has 6 heteroatoms. The van der Waals surface area contributed by atoms with Gasteiger partial charge in [0.25, 0.3) is 5.91 Å². The number of fused-ring (bicyclic) bond motifs is 1. The Balaban J connectivity index is 1.37. The van der Waals surface area contributed by atoms with Gasteiger partial charge in [0, 0.05) is 37.2 Å². The van der Waals surface area contributed by atoms with Gasteiger partial charge in [0.2, 0.25) is 12.7 Å². The summed E-state index contributed by atoms with van der Waals surface area (Å²) >= 11 is 0. The topological polar surface area (TPSA) is 59.1 Å². The SMILES string of the molecule is CC(C)(C(=O)N1CCN(C(=O)c2ccc3c(c2)OCO3)CC1)C1CCC1. The molecule has 2 amide bonds. The van der Waals surface area contributed by atoms with Gasteiger partial charge in [-0.05, 0) is 37.0 Å². The van der Waals surface area contributed by atoms with E-state index in [2.05, 4.69) is 13.8 Å². The highest BCUT2D eigenvalue weighted by Gasteiger charge is 2.42. The molecule has 2 aliphatic heterocycles. The number of nitrogens with zero attached hydrogens (tertiary/aromatic N) is 2. The van der Waals surface area contributed by atoms with Crippen molar-refractivity contribution < 1.29 is 19.1 Å². The summed E-state index contributed by atoms with van der Waals surface area (Å²) in [5, 5.41) is 0. The second-order valence-electron chi connectivity index (χ2n) is 8.00. The first-order valence-corrected chi connectivity index (χ1v) is 9.45. The van der Waals surface area contributed by atoms with Crippen molar-refractivity contribution in [3.05, 3.63) is 23.8 Å². The van der Waals surface area contributed by atoms with Crippen LogP contribution >= 0.6 is 0 Å². The summed E-state index contributed by atoms with van der Waals surface area (Å²) in [5.74, 6) is 2.01. The Kier molecular flexibility index (Phi) is 4.29. The molecular formula is C20H26N2O4. The monoisotopic (exact) mass is 358 g/mol. The Bertz CT molecular complexity index is 719. The minimum Gasteiger partial charge on any atom is -0.454 e.